The number of anilines is 1. The number of rotatable bonds is 7. The summed E-state index contributed by atoms with van der Waals surface area (Å²) in [4.78, 5) is 42.2. The van der Waals surface area contributed by atoms with Crippen LogP contribution in [0.25, 0.3) is 22.2 Å². The van der Waals surface area contributed by atoms with Gasteiger partial charge in [0.2, 0.25) is 11.8 Å². The van der Waals surface area contributed by atoms with Crippen LogP contribution in [0.5, 0.6) is 0 Å². The van der Waals surface area contributed by atoms with Crippen molar-refractivity contribution >= 4 is 57.7 Å². The lowest BCUT2D eigenvalue weighted by Gasteiger charge is -2.14. The van der Waals surface area contributed by atoms with E-state index in [1.54, 1.807) is 36.0 Å². The molecule has 1 aliphatic rings. The average molecular weight is 504 g/mol. The smallest absolute Gasteiger partial charge is 0.251 e. The number of hydrogen-bond acceptors (Lipinski definition) is 4. The summed E-state index contributed by atoms with van der Waals surface area (Å²) in [6, 6.07) is 22.4. The van der Waals surface area contributed by atoms with E-state index in [-0.39, 0.29) is 30.6 Å². The molecule has 35 heavy (non-hydrogen) atoms. The number of carbonyl (C=O) groups excluding carboxylic acids is 3. The topological polar surface area (TPSA) is 82.3 Å². The molecule has 2 heterocycles. The van der Waals surface area contributed by atoms with Gasteiger partial charge in [0.15, 0.2) is 0 Å². The summed E-state index contributed by atoms with van der Waals surface area (Å²) < 4.78 is 0. The number of fused-ring (bicyclic) bond motifs is 1. The van der Waals surface area contributed by atoms with Gasteiger partial charge in [0, 0.05) is 51.5 Å². The lowest BCUT2D eigenvalue weighted by molar-refractivity contribution is -0.121. The maximum absolute atomic E-state index is 12.6. The fraction of sp³-hybridized carbons (Fsp3) is 0.148. The van der Waals surface area contributed by atoms with Crippen molar-refractivity contribution in [2.75, 3.05) is 17.2 Å². The van der Waals surface area contributed by atoms with E-state index in [4.69, 9.17) is 11.6 Å². The SMILES string of the molecule is O=C(NCCSc1c(-c2ccc(Cl)cc2)[nH]c2ccccc12)c1ccc(N2C(=O)CCC2=O)cc1. The van der Waals surface area contributed by atoms with E-state index in [1.807, 2.05) is 42.5 Å². The molecule has 0 aliphatic carbocycles. The van der Waals surface area contributed by atoms with Gasteiger partial charge < -0.3 is 10.3 Å². The molecule has 1 fully saturated rings. The Morgan fingerprint density at radius 3 is 2.34 bits per heavy atom. The van der Waals surface area contributed by atoms with Gasteiger partial charge in [-0.1, -0.05) is 41.9 Å². The number of imide groups is 1. The number of hydrogen-bond donors (Lipinski definition) is 2. The molecule has 1 aliphatic heterocycles. The Hall–Kier alpha value is -3.55. The predicted octanol–water partition coefficient (Wildman–Crippen LogP) is 5.66. The first kappa shape index (κ1) is 23.2. The molecular weight excluding hydrogens is 482 g/mol. The van der Waals surface area contributed by atoms with Crippen LogP contribution in [0.3, 0.4) is 0 Å². The number of halogens is 1. The van der Waals surface area contributed by atoms with E-state index in [9.17, 15) is 14.4 Å². The summed E-state index contributed by atoms with van der Waals surface area (Å²) in [5.41, 5.74) is 4.11. The lowest BCUT2D eigenvalue weighted by Crippen LogP contribution is -2.29. The summed E-state index contributed by atoms with van der Waals surface area (Å²) >= 11 is 7.75. The molecule has 2 N–H and O–H groups in total. The summed E-state index contributed by atoms with van der Waals surface area (Å²) in [7, 11) is 0. The average Bonchev–Trinajstić information content (AvgIpc) is 3.41. The predicted molar refractivity (Wildman–Crippen MR) is 140 cm³/mol. The minimum atomic E-state index is -0.209. The van der Waals surface area contributed by atoms with Gasteiger partial charge in [-0.2, -0.15) is 0 Å². The Labute approximate surface area is 211 Å². The Kier molecular flexibility index (Phi) is 6.61. The van der Waals surface area contributed by atoms with E-state index in [0.29, 0.717) is 28.6 Å². The highest BCUT2D eigenvalue weighted by Crippen LogP contribution is 2.37. The third-order valence-electron chi connectivity index (χ3n) is 5.86. The van der Waals surface area contributed by atoms with E-state index >= 15 is 0 Å². The minimum absolute atomic E-state index is 0.201. The van der Waals surface area contributed by atoms with E-state index in [0.717, 1.165) is 27.1 Å². The van der Waals surface area contributed by atoms with Crippen LogP contribution < -0.4 is 10.2 Å². The van der Waals surface area contributed by atoms with Gasteiger partial charge in [-0.15, -0.1) is 11.8 Å². The van der Waals surface area contributed by atoms with Crippen LogP contribution in [0.15, 0.2) is 77.7 Å². The standard InChI is InChI=1S/C27H22ClN3O3S/c28-19-9-5-17(6-10-19)25-26(21-3-1-2-4-22(21)30-25)35-16-15-29-27(34)18-7-11-20(12-8-18)31-23(32)13-14-24(31)33/h1-12,30H,13-16H2,(H,29,34). The second-order valence-electron chi connectivity index (χ2n) is 8.16. The summed E-state index contributed by atoms with van der Waals surface area (Å²) in [5.74, 6) is 0.0651. The number of nitrogens with one attached hydrogen (secondary N) is 2. The highest BCUT2D eigenvalue weighted by Gasteiger charge is 2.30. The van der Waals surface area contributed by atoms with E-state index < -0.39 is 0 Å². The zero-order valence-electron chi connectivity index (χ0n) is 18.7. The normalized spacial score (nSPS) is 13.6. The molecule has 0 radical (unpaired) electrons. The highest BCUT2D eigenvalue weighted by molar-refractivity contribution is 7.99. The Balaban J connectivity index is 1.24. The van der Waals surface area contributed by atoms with Crippen LogP contribution in [0.1, 0.15) is 23.2 Å². The molecule has 6 nitrogen and oxygen atoms in total. The molecule has 4 aromatic rings. The summed E-state index contributed by atoms with van der Waals surface area (Å²) in [6.45, 7) is 0.480. The first-order valence-corrected chi connectivity index (χ1v) is 12.6. The van der Waals surface area contributed by atoms with Gasteiger partial charge in [-0.05, 0) is 48.0 Å². The summed E-state index contributed by atoms with van der Waals surface area (Å²) in [6.07, 6.45) is 0.462. The molecule has 1 saturated heterocycles. The number of aromatic nitrogens is 1. The molecule has 0 atom stereocenters. The monoisotopic (exact) mass is 503 g/mol. The van der Waals surface area contributed by atoms with Gasteiger partial charge in [0.25, 0.3) is 5.91 Å². The number of benzene rings is 3. The number of nitrogens with zero attached hydrogens (tertiary/aromatic N) is 1. The number of aromatic amines is 1. The van der Waals surface area contributed by atoms with Crippen molar-refractivity contribution < 1.29 is 14.4 Å². The van der Waals surface area contributed by atoms with Gasteiger partial charge in [0.1, 0.15) is 0 Å². The van der Waals surface area contributed by atoms with Gasteiger partial charge in [-0.25, -0.2) is 0 Å². The number of amides is 3. The Morgan fingerprint density at radius 1 is 0.943 bits per heavy atom. The molecule has 176 valence electrons. The fourth-order valence-electron chi connectivity index (χ4n) is 4.13. The minimum Gasteiger partial charge on any atom is -0.354 e. The van der Waals surface area contributed by atoms with Crippen molar-refractivity contribution in [2.45, 2.75) is 17.7 Å². The van der Waals surface area contributed by atoms with E-state index in [2.05, 4.69) is 16.4 Å². The van der Waals surface area contributed by atoms with Gasteiger partial charge in [0.05, 0.1) is 11.4 Å². The van der Waals surface area contributed by atoms with Gasteiger partial charge >= 0.3 is 0 Å². The zero-order chi connectivity index (χ0) is 24.4. The van der Waals surface area contributed by atoms with Crippen molar-refractivity contribution in [1.29, 1.82) is 0 Å². The van der Waals surface area contributed by atoms with E-state index in [1.165, 1.54) is 4.90 Å². The molecule has 5 rings (SSSR count). The molecule has 3 aromatic carbocycles. The van der Waals surface area contributed by atoms with Crippen LogP contribution in [-0.4, -0.2) is 35.0 Å². The Morgan fingerprint density at radius 2 is 1.63 bits per heavy atom. The van der Waals surface area contributed by atoms with Crippen LogP contribution in [0.4, 0.5) is 5.69 Å². The quantitative estimate of drug-likeness (QED) is 0.193. The van der Waals surface area contributed by atoms with Crippen molar-refractivity contribution in [1.82, 2.24) is 10.3 Å². The number of carbonyl (C=O) groups is 3. The van der Waals surface area contributed by atoms with Crippen LogP contribution in [0, 0.1) is 0 Å². The molecule has 1 aromatic heterocycles. The third-order valence-corrected chi connectivity index (χ3v) is 7.24. The molecule has 3 amide bonds. The fourth-order valence-corrected chi connectivity index (χ4v) is 5.31. The van der Waals surface area contributed by atoms with Crippen molar-refractivity contribution in [2.24, 2.45) is 0 Å². The number of thioether (sulfide) groups is 1. The second-order valence-corrected chi connectivity index (χ2v) is 9.70. The van der Waals surface area contributed by atoms with Crippen LogP contribution in [-0.2, 0) is 9.59 Å². The number of para-hydroxylation sites is 1. The molecule has 0 saturated carbocycles. The molecule has 8 heteroatoms. The van der Waals surface area contributed by atoms with Crippen molar-refractivity contribution in [3.05, 3.63) is 83.4 Å². The highest BCUT2D eigenvalue weighted by atomic mass is 35.5. The maximum atomic E-state index is 12.6. The second kappa shape index (κ2) is 9.98. The molecule has 0 bridgehead atoms. The maximum Gasteiger partial charge on any atom is 0.251 e. The largest absolute Gasteiger partial charge is 0.354 e. The Bertz CT molecular complexity index is 1400. The van der Waals surface area contributed by atoms with Gasteiger partial charge in [-0.3, -0.25) is 19.3 Å². The summed E-state index contributed by atoms with van der Waals surface area (Å²) in [5, 5.41) is 4.77. The first-order chi connectivity index (χ1) is 17.0. The van der Waals surface area contributed by atoms with Crippen molar-refractivity contribution in [3.8, 4) is 11.3 Å². The lowest BCUT2D eigenvalue weighted by atomic mass is 10.1. The third kappa shape index (κ3) is 4.83. The number of H-pyrrole nitrogens is 1. The molecule has 0 unspecified atom stereocenters. The molecule has 0 spiro atoms. The van der Waals surface area contributed by atoms with Crippen LogP contribution >= 0.6 is 23.4 Å². The van der Waals surface area contributed by atoms with Crippen LogP contribution in [0.2, 0.25) is 5.02 Å². The first-order valence-electron chi connectivity index (χ1n) is 11.2. The zero-order valence-corrected chi connectivity index (χ0v) is 20.3. The molecular formula is C27H22ClN3O3S. The van der Waals surface area contributed by atoms with Crippen molar-refractivity contribution in [3.63, 3.8) is 0 Å².